The van der Waals surface area contributed by atoms with Gasteiger partial charge in [-0.3, -0.25) is 4.84 Å². The first-order valence-electron chi connectivity index (χ1n) is 6.28. The number of amides is 2. The molecule has 0 saturated carbocycles. The molecule has 0 fully saturated rings. The second-order valence-corrected chi connectivity index (χ2v) is 5.20. The summed E-state index contributed by atoms with van der Waals surface area (Å²) >= 11 is 3.28. The number of nitrogens with zero attached hydrogens (tertiary/aromatic N) is 2. The molecule has 1 aliphatic rings. The van der Waals surface area contributed by atoms with Gasteiger partial charge in [0.25, 0.3) is 0 Å². The van der Waals surface area contributed by atoms with Crippen LogP contribution >= 0.6 is 16.1 Å². The molecule has 2 aromatic rings. The van der Waals surface area contributed by atoms with E-state index < -0.39 is 0 Å². The molecule has 0 radical (unpaired) electrons. The van der Waals surface area contributed by atoms with Crippen molar-refractivity contribution in [3.8, 4) is 0 Å². The first kappa shape index (κ1) is 13.1. The van der Waals surface area contributed by atoms with Crippen LogP contribution < -0.4 is 3.93 Å². The van der Waals surface area contributed by atoms with Crippen LogP contribution in [0.1, 0.15) is 11.1 Å². The minimum absolute atomic E-state index is 0.223. The number of carbonyl (C=O) groups is 1. The largest absolute Gasteiger partial charge is 0.359 e. The third-order valence-corrected chi connectivity index (χ3v) is 3.81. The Morgan fingerprint density at radius 3 is 2.55 bits per heavy atom. The number of hydrogen-bond acceptors (Lipinski definition) is 2. The zero-order valence-electron chi connectivity index (χ0n) is 10.7. The molecule has 0 bridgehead atoms. The summed E-state index contributed by atoms with van der Waals surface area (Å²) in [6, 6.07) is 17.3. The van der Waals surface area contributed by atoms with E-state index in [9.17, 15) is 4.79 Å². The maximum atomic E-state index is 12.2. The molecule has 0 spiro atoms. The summed E-state index contributed by atoms with van der Waals surface area (Å²) in [7, 11) is 0. The molecule has 0 N–H and O–H groups in total. The van der Waals surface area contributed by atoms with Crippen LogP contribution in [0.15, 0.2) is 54.6 Å². The second-order valence-electron chi connectivity index (χ2n) is 4.49. The van der Waals surface area contributed by atoms with E-state index in [1.807, 2.05) is 54.6 Å². The molecule has 20 heavy (non-hydrogen) atoms. The van der Waals surface area contributed by atoms with E-state index in [0.717, 1.165) is 16.8 Å². The van der Waals surface area contributed by atoms with Crippen molar-refractivity contribution >= 4 is 27.9 Å². The lowest BCUT2D eigenvalue weighted by Crippen LogP contribution is -2.42. The van der Waals surface area contributed by atoms with Crippen molar-refractivity contribution in [1.29, 1.82) is 0 Å². The highest BCUT2D eigenvalue weighted by Gasteiger charge is 2.29. The van der Waals surface area contributed by atoms with E-state index in [4.69, 9.17) is 4.84 Å². The molecule has 0 unspecified atom stereocenters. The molecular weight excluding hydrogens is 320 g/mol. The van der Waals surface area contributed by atoms with Gasteiger partial charge in [0.2, 0.25) is 0 Å². The molecule has 0 aromatic heterocycles. The summed E-state index contributed by atoms with van der Waals surface area (Å²) in [4.78, 5) is 17.8. The number of anilines is 1. The maximum Gasteiger partial charge on any atom is 0.359 e. The Labute approximate surface area is 125 Å². The summed E-state index contributed by atoms with van der Waals surface area (Å²) < 4.78 is 1.43. The van der Waals surface area contributed by atoms with Gasteiger partial charge in [0, 0.05) is 0 Å². The van der Waals surface area contributed by atoms with Crippen molar-refractivity contribution < 1.29 is 9.63 Å². The van der Waals surface area contributed by atoms with Gasteiger partial charge in [-0.2, -0.15) is 5.06 Å². The summed E-state index contributed by atoms with van der Waals surface area (Å²) in [5, 5.41) is 1.37. The maximum absolute atomic E-state index is 12.2. The number of carbonyl (C=O) groups excluding carboxylic acids is 1. The number of urea groups is 1. The molecule has 102 valence electrons. The molecule has 0 saturated heterocycles. The van der Waals surface area contributed by atoms with Gasteiger partial charge in [-0.1, -0.05) is 48.5 Å². The third kappa shape index (κ3) is 2.55. The summed E-state index contributed by atoms with van der Waals surface area (Å²) in [6.45, 7) is 0.819. The highest BCUT2D eigenvalue weighted by atomic mass is 79.9. The number of hydroxylamine groups is 2. The second kappa shape index (κ2) is 5.64. The van der Waals surface area contributed by atoms with Gasteiger partial charge in [0.15, 0.2) is 0 Å². The Balaban J connectivity index is 1.74. The SMILES string of the molecule is O=C1N(OCc2ccccc2)Cc2ccccc2N1Br. The van der Waals surface area contributed by atoms with Crippen molar-refractivity contribution in [2.75, 3.05) is 3.93 Å². The molecule has 4 nitrogen and oxygen atoms in total. The number of fused-ring (bicyclic) bond motifs is 1. The zero-order chi connectivity index (χ0) is 13.9. The Bertz CT molecular complexity index is 618. The molecule has 5 heteroatoms. The average molecular weight is 333 g/mol. The van der Waals surface area contributed by atoms with Gasteiger partial charge in [-0.25, -0.2) is 8.72 Å². The minimum Gasteiger partial charge on any atom is -0.264 e. The molecule has 1 heterocycles. The van der Waals surface area contributed by atoms with Crippen LogP contribution in [0.5, 0.6) is 0 Å². The number of benzene rings is 2. The summed E-state index contributed by atoms with van der Waals surface area (Å²) in [6.07, 6.45) is 0. The fourth-order valence-corrected chi connectivity index (χ4v) is 2.61. The monoisotopic (exact) mass is 332 g/mol. The predicted octanol–water partition coefficient (Wildman–Crippen LogP) is 3.87. The Morgan fingerprint density at radius 2 is 1.75 bits per heavy atom. The Morgan fingerprint density at radius 1 is 1.05 bits per heavy atom. The van der Waals surface area contributed by atoms with Gasteiger partial charge < -0.3 is 0 Å². The lowest BCUT2D eigenvalue weighted by atomic mass is 10.1. The number of para-hydroxylation sites is 1. The molecule has 0 aliphatic carbocycles. The van der Waals surface area contributed by atoms with Gasteiger partial charge in [0.1, 0.15) is 6.61 Å². The number of halogens is 1. The summed E-state index contributed by atoms with van der Waals surface area (Å²) in [5.41, 5.74) is 2.93. The van der Waals surface area contributed by atoms with Crippen molar-refractivity contribution in [3.63, 3.8) is 0 Å². The zero-order valence-corrected chi connectivity index (χ0v) is 12.3. The lowest BCUT2D eigenvalue weighted by molar-refractivity contribution is -0.133. The molecule has 2 amide bonds. The van der Waals surface area contributed by atoms with E-state index in [0.29, 0.717) is 13.2 Å². The number of hydrogen-bond donors (Lipinski definition) is 0. The van der Waals surface area contributed by atoms with Gasteiger partial charge >= 0.3 is 6.03 Å². The van der Waals surface area contributed by atoms with Crippen molar-refractivity contribution in [2.24, 2.45) is 0 Å². The fourth-order valence-electron chi connectivity index (χ4n) is 2.09. The number of rotatable bonds is 3. The Hall–Kier alpha value is -1.85. The van der Waals surface area contributed by atoms with Crippen molar-refractivity contribution in [2.45, 2.75) is 13.2 Å². The minimum atomic E-state index is -0.223. The van der Waals surface area contributed by atoms with Crippen molar-refractivity contribution in [1.82, 2.24) is 5.06 Å². The normalized spacial score (nSPS) is 14.3. The van der Waals surface area contributed by atoms with E-state index in [1.165, 1.54) is 8.99 Å². The fraction of sp³-hybridized carbons (Fsp3) is 0.133. The van der Waals surface area contributed by atoms with Crippen LogP contribution in [0.25, 0.3) is 0 Å². The van der Waals surface area contributed by atoms with Gasteiger partial charge in [0.05, 0.1) is 28.4 Å². The quantitative estimate of drug-likeness (QED) is 0.799. The summed E-state index contributed by atoms with van der Waals surface area (Å²) in [5.74, 6) is 0. The topological polar surface area (TPSA) is 32.8 Å². The predicted molar refractivity (Wildman–Crippen MR) is 80.0 cm³/mol. The first-order chi connectivity index (χ1) is 9.75. The van der Waals surface area contributed by atoms with Crippen LogP contribution in [0.4, 0.5) is 10.5 Å². The van der Waals surface area contributed by atoms with Crippen LogP contribution in [0, 0.1) is 0 Å². The van der Waals surface area contributed by atoms with Gasteiger partial charge in [-0.05, 0) is 17.2 Å². The third-order valence-electron chi connectivity index (χ3n) is 3.13. The highest BCUT2D eigenvalue weighted by molar-refractivity contribution is 9.10. The standard InChI is InChI=1S/C15H13BrN2O2/c16-18-14-9-5-4-8-13(14)10-17(15(18)19)20-11-12-6-2-1-3-7-12/h1-9H,10-11H2. The van der Waals surface area contributed by atoms with Crippen LogP contribution in [-0.2, 0) is 18.0 Å². The van der Waals surface area contributed by atoms with E-state index in [-0.39, 0.29) is 6.03 Å². The highest BCUT2D eigenvalue weighted by Crippen LogP contribution is 2.31. The Kier molecular flexibility index (Phi) is 3.71. The first-order valence-corrected chi connectivity index (χ1v) is 6.99. The molecule has 2 aromatic carbocycles. The van der Waals surface area contributed by atoms with E-state index in [2.05, 4.69) is 16.1 Å². The average Bonchev–Trinajstić information content (AvgIpc) is 2.50. The smallest absolute Gasteiger partial charge is 0.264 e. The molecule has 0 atom stereocenters. The van der Waals surface area contributed by atoms with Gasteiger partial charge in [-0.15, -0.1) is 0 Å². The molecular formula is C15H13BrN2O2. The van der Waals surface area contributed by atoms with Crippen LogP contribution in [-0.4, -0.2) is 11.1 Å². The van der Waals surface area contributed by atoms with Crippen LogP contribution in [0.3, 0.4) is 0 Å². The van der Waals surface area contributed by atoms with Crippen molar-refractivity contribution in [3.05, 3.63) is 65.7 Å². The van der Waals surface area contributed by atoms with E-state index >= 15 is 0 Å². The lowest BCUT2D eigenvalue weighted by Gasteiger charge is -2.32. The van der Waals surface area contributed by atoms with Crippen LogP contribution in [0.2, 0.25) is 0 Å². The molecule has 1 aliphatic heterocycles. The van der Waals surface area contributed by atoms with E-state index in [1.54, 1.807) is 0 Å². The molecule has 3 rings (SSSR count).